The van der Waals surface area contributed by atoms with Crippen molar-refractivity contribution < 1.29 is 8.42 Å². The Kier molecular flexibility index (Phi) is 4.81. The number of benzene rings is 3. The molecule has 1 N–H and O–H groups in total. The molecule has 1 fully saturated rings. The molecule has 0 unspecified atom stereocenters. The Labute approximate surface area is 176 Å². The predicted molar refractivity (Wildman–Crippen MR) is 121 cm³/mol. The topological polar surface area (TPSA) is 54.3 Å². The van der Waals surface area contributed by atoms with Crippen LogP contribution in [0.5, 0.6) is 0 Å². The molecular formula is C24H23N3O2S. The van der Waals surface area contributed by atoms with Crippen LogP contribution in [-0.2, 0) is 10.0 Å². The van der Waals surface area contributed by atoms with Gasteiger partial charge in [0.15, 0.2) is 0 Å². The van der Waals surface area contributed by atoms with Crippen LogP contribution in [0.4, 0.5) is 5.69 Å². The highest BCUT2D eigenvalue weighted by Gasteiger charge is 2.21. The zero-order chi connectivity index (χ0) is 20.6. The summed E-state index contributed by atoms with van der Waals surface area (Å²) in [5, 5.41) is 4.32. The van der Waals surface area contributed by atoms with E-state index in [0.29, 0.717) is 5.52 Å². The molecule has 152 valence electrons. The van der Waals surface area contributed by atoms with Crippen LogP contribution in [0.2, 0.25) is 0 Å². The van der Waals surface area contributed by atoms with Crippen molar-refractivity contribution in [3.63, 3.8) is 0 Å². The van der Waals surface area contributed by atoms with Crippen LogP contribution < -0.4 is 10.2 Å². The van der Waals surface area contributed by atoms with E-state index in [1.807, 2.05) is 60.7 Å². The number of rotatable bonds is 4. The Bertz CT molecular complexity index is 1270. The van der Waals surface area contributed by atoms with Gasteiger partial charge in [-0.3, -0.25) is 0 Å². The van der Waals surface area contributed by atoms with Crippen LogP contribution in [0.3, 0.4) is 0 Å². The van der Waals surface area contributed by atoms with E-state index in [4.69, 9.17) is 0 Å². The molecule has 0 bridgehead atoms. The first-order valence-electron chi connectivity index (χ1n) is 10.1. The van der Waals surface area contributed by atoms with Crippen molar-refractivity contribution in [2.45, 2.75) is 4.90 Å². The SMILES string of the molecule is O=S(=O)(c1ccc(-c2ccccc2)cc1)n1ccc2c(N3CCNCC3)cccc21. The average molecular weight is 418 g/mol. The summed E-state index contributed by atoms with van der Waals surface area (Å²) in [6.45, 7) is 3.70. The van der Waals surface area contributed by atoms with Crippen LogP contribution in [0, 0.1) is 0 Å². The highest BCUT2D eigenvalue weighted by atomic mass is 32.2. The molecule has 1 aromatic heterocycles. The Morgan fingerprint density at radius 1 is 0.733 bits per heavy atom. The van der Waals surface area contributed by atoms with Crippen LogP contribution in [0.15, 0.2) is 90.0 Å². The molecule has 0 saturated carbocycles. The van der Waals surface area contributed by atoms with Gasteiger partial charge in [0.05, 0.1) is 10.4 Å². The highest BCUT2D eigenvalue weighted by molar-refractivity contribution is 7.90. The quantitative estimate of drug-likeness (QED) is 0.546. The molecule has 2 heterocycles. The molecule has 3 aromatic carbocycles. The maximum Gasteiger partial charge on any atom is 0.268 e. The zero-order valence-electron chi connectivity index (χ0n) is 16.5. The molecule has 0 aliphatic carbocycles. The third-order valence-corrected chi connectivity index (χ3v) is 7.35. The monoisotopic (exact) mass is 417 g/mol. The second-order valence-corrected chi connectivity index (χ2v) is 9.27. The second kappa shape index (κ2) is 7.63. The number of fused-ring (bicyclic) bond motifs is 1. The second-order valence-electron chi connectivity index (χ2n) is 7.45. The smallest absolute Gasteiger partial charge is 0.268 e. The lowest BCUT2D eigenvalue weighted by Crippen LogP contribution is -2.43. The molecule has 0 radical (unpaired) electrons. The summed E-state index contributed by atoms with van der Waals surface area (Å²) in [4.78, 5) is 2.59. The molecule has 0 amide bonds. The number of piperazine rings is 1. The summed E-state index contributed by atoms with van der Waals surface area (Å²) in [5.41, 5.74) is 3.85. The maximum absolute atomic E-state index is 13.4. The van der Waals surface area contributed by atoms with Crippen molar-refractivity contribution in [3.8, 4) is 11.1 Å². The van der Waals surface area contributed by atoms with Gasteiger partial charge in [0.2, 0.25) is 0 Å². The number of anilines is 1. The van der Waals surface area contributed by atoms with E-state index < -0.39 is 10.0 Å². The summed E-state index contributed by atoms with van der Waals surface area (Å²) in [5.74, 6) is 0. The molecule has 0 atom stereocenters. The standard InChI is InChI=1S/C24H23N3O2S/c28-30(29,21-11-9-20(10-12-21)19-5-2-1-3-6-19)27-16-13-22-23(7-4-8-24(22)27)26-17-14-25-15-18-26/h1-13,16,25H,14-15,17-18H2. The predicted octanol–water partition coefficient (Wildman–Crippen LogP) is 3.95. The third kappa shape index (κ3) is 3.28. The Hall–Kier alpha value is -3.09. The summed E-state index contributed by atoms with van der Waals surface area (Å²) in [7, 11) is -3.68. The summed E-state index contributed by atoms with van der Waals surface area (Å²) in [6.07, 6.45) is 1.66. The third-order valence-electron chi connectivity index (χ3n) is 5.65. The minimum Gasteiger partial charge on any atom is -0.368 e. The van der Waals surface area contributed by atoms with E-state index in [1.165, 1.54) is 3.97 Å². The lowest BCUT2D eigenvalue weighted by molar-refractivity contribution is 0.588. The van der Waals surface area contributed by atoms with E-state index in [2.05, 4.69) is 16.3 Å². The number of nitrogens with zero attached hydrogens (tertiary/aromatic N) is 2. The molecule has 6 heteroatoms. The number of hydrogen-bond acceptors (Lipinski definition) is 4. The fraction of sp³-hybridized carbons (Fsp3) is 0.167. The minimum atomic E-state index is -3.68. The largest absolute Gasteiger partial charge is 0.368 e. The summed E-state index contributed by atoms with van der Waals surface area (Å²) >= 11 is 0. The van der Waals surface area contributed by atoms with Crippen molar-refractivity contribution in [2.24, 2.45) is 0 Å². The Balaban J connectivity index is 1.53. The minimum absolute atomic E-state index is 0.284. The molecular weight excluding hydrogens is 394 g/mol. The van der Waals surface area contributed by atoms with E-state index in [-0.39, 0.29) is 4.90 Å². The van der Waals surface area contributed by atoms with Crippen molar-refractivity contribution in [1.82, 2.24) is 9.29 Å². The first-order valence-corrected chi connectivity index (χ1v) is 11.6. The Morgan fingerprint density at radius 3 is 2.17 bits per heavy atom. The van der Waals surface area contributed by atoms with Gasteiger partial charge in [0.1, 0.15) is 0 Å². The van der Waals surface area contributed by atoms with Crippen LogP contribution in [0.1, 0.15) is 0 Å². The van der Waals surface area contributed by atoms with Crippen molar-refractivity contribution in [3.05, 3.63) is 85.1 Å². The van der Waals surface area contributed by atoms with Crippen molar-refractivity contribution in [2.75, 3.05) is 31.1 Å². The maximum atomic E-state index is 13.4. The molecule has 4 aromatic rings. The van der Waals surface area contributed by atoms with Crippen LogP contribution in [0.25, 0.3) is 22.0 Å². The van der Waals surface area contributed by atoms with Crippen molar-refractivity contribution in [1.29, 1.82) is 0 Å². The van der Waals surface area contributed by atoms with Gasteiger partial charge in [-0.15, -0.1) is 0 Å². The van der Waals surface area contributed by atoms with Crippen LogP contribution >= 0.6 is 0 Å². The van der Waals surface area contributed by atoms with Crippen LogP contribution in [-0.4, -0.2) is 38.6 Å². The lowest BCUT2D eigenvalue weighted by atomic mass is 10.1. The fourth-order valence-corrected chi connectivity index (χ4v) is 5.43. The molecule has 5 rings (SSSR count). The van der Waals surface area contributed by atoms with Gasteiger partial charge in [0.25, 0.3) is 10.0 Å². The first-order chi connectivity index (χ1) is 14.6. The lowest BCUT2D eigenvalue weighted by Gasteiger charge is -2.30. The normalized spacial score (nSPS) is 14.9. The van der Waals surface area contributed by atoms with Gasteiger partial charge in [-0.05, 0) is 41.5 Å². The molecule has 5 nitrogen and oxygen atoms in total. The molecule has 0 spiro atoms. The summed E-state index contributed by atoms with van der Waals surface area (Å²) in [6, 6.07) is 24.8. The molecule has 1 aliphatic heterocycles. The van der Waals surface area contributed by atoms with Gasteiger partial charge in [-0.1, -0.05) is 48.5 Å². The average Bonchev–Trinajstić information content (AvgIpc) is 3.26. The van der Waals surface area contributed by atoms with Gasteiger partial charge >= 0.3 is 0 Å². The van der Waals surface area contributed by atoms with Gasteiger partial charge in [-0.25, -0.2) is 12.4 Å². The van der Waals surface area contributed by atoms with E-state index in [1.54, 1.807) is 18.3 Å². The van der Waals surface area contributed by atoms with Gasteiger partial charge in [-0.2, -0.15) is 0 Å². The van der Waals surface area contributed by atoms with E-state index in [0.717, 1.165) is 48.4 Å². The molecule has 1 aliphatic rings. The first kappa shape index (κ1) is 18.9. The zero-order valence-corrected chi connectivity index (χ0v) is 17.3. The molecule has 30 heavy (non-hydrogen) atoms. The van der Waals surface area contributed by atoms with Crippen molar-refractivity contribution >= 4 is 26.6 Å². The highest BCUT2D eigenvalue weighted by Crippen LogP contribution is 2.31. The Morgan fingerprint density at radius 2 is 1.43 bits per heavy atom. The van der Waals surface area contributed by atoms with E-state index >= 15 is 0 Å². The number of aromatic nitrogens is 1. The number of hydrogen-bond donors (Lipinski definition) is 1. The van der Waals surface area contributed by atoms with Gasteiger partial charge < -0.3 is 10.2 Å². The fourth-order valence-electron chi connectivity index (χ4n) is 4.08. The summed E-state index contributed by atoms with van der Waals surface area (Å²) < 4.78 is 28.2. The van der Waals surface area contributed by atoms with Gasteiger partial charge in [0, 0.05) is 43.4 Å². The van der Waals surface area contributed by atoms with E-state index in [9.17, 15) is 8.42 Å². The molecule has 1 saturated heterocycles. The number of nitrogens with one attached hydrogen (secondary N) is 1.